The summed E-state index contributed by atoms with van der Waals surface area (Å²) in [6.45, 7) is 5.46. The summed E-state index contributed by atoms with van der Waals surface area (Å²) in [4.78, 5) is 18.0. The highest BCUT2D eigenvalue weighted by atomic mass is 19.1. The van der Waals surface area contributed by atoms with Gasteiger partial charge >= 0.3 is 0 Å². The molecule has 132 valence electrons. The average Bonchev–Trinajstić information content (AvgIpc) is 3.17. The number of likely N-dealkylation sites (tertiary alicyclic amines) is 1. The first-order valence-corrected chi connectivity index (χ1v) is 8.75. The fourth-order valence-corrected chi connectivity index (χ4v) is 3.78. The van der Waals surface area contributed by atoms with Gasteiger partial charge in [-0.1, -0.05) is 24.8 Å². The smallest absolute Gasteiger partial charge is 0.245 e. The summed E-state index contributed by atoms with van der Waals surface area (Å²) in [5.74, 6) is -0.0755. The summed E-state index contributed by atoms with van der Waals surface area (Å²) in [5, 5.41) is 3.34. The zero-order chi connectivity index (χ0) is 18.1. The van der Waals surface area contributed by atoms with Crippen LogP contribution >= 0.6 is 0 Å². The standard InChI is InChI=1S/C21H20FN3O/c1-2-20(26)25-8-7-14(12-25)18-10-15(17-5-3-4-6-19(17)22)9-16-11-23-13-24-21(16)18/h2-6,9-11,14,24H,1,7-8,12-13H2. The van der Waals surface area contributed by atoms with Crippen LogP contribution in [0.15, 0.2) is 54.0 Å². The number of nitrogens with one attached hydrogen (secondary N) is 1. The minimum Gasteiger partial charge on any atom is -0.366 e. The van der Waals surface area contributed by atoms with E-state index in [1.807, 2.05) is 23.2 Å². The van der Waals surface area contributed by atoms with Gasteiger partial charge in [-0.05, 0) is 41.8 Å². The van der Waals surface area contributed by atoms with Crippen LogP contribution in [-0.4, -0.2) is 36.8 Å². The zero-order valence-corrected chi connectivity index (χ0v) is 14.4. The van der Waals surface area contributed by atoms with Crippen molar-refractivity contribution in [3.05, 3.63) is 66.0 Å². The summed E-state index contributed by atoms with van der Waals surface area (Å²) in [7, 11) is 0. The van der Waals surface area contributed by atoms with Gasteiger partial charge in [-0.25, -0.2) is 4.39 Å². The van der Waals surface area contributed by atoms with Gasteiger partial charge in [0.1, 0.15) is 12.5 Å². The van der Waals surface area contributed by atoms with Crippen LogP contribution in [0.25, 0.3) is 11.1 Å². The summed E-state index contributed by atoms with van der Waals surface area (Å²) in [6.07, 6.45) is 4.07. The lowest BCUT2D eigenvalue weighted by Gasteiger charge is -2.23. The summed E-state index contributed by atoms with van der Waals surface area (Å²) < 4.78 is 14.3. The highest BCUT2D eigenvalue weighted by Gasteiger charge is 2.29. The monoisotopic (exact) mass is 349 g/mol. The fraction of sp³-hybridized carbons (Fsp3) is 0.238. The third-order valence-electron chi connectivity index (χ3n) is 5.08. The number of hydrogen-bond acceptors (Lipinski definition) is 3. The van der Waals surface area contributed by atoms with Crippen LogP contribution in [-0.2, 0) is 4.79 Å². The van der Waals surface area contributed by atoms with Crippen molar-refractivity contribution in [3.63, 3.8) is 0 Å². The molecule has 1 atom stereocenters. The molecule has 1 saturated heterocycles. The van der Waals surface area contributed by atoms with Crippen molar-refractivity contribution in [3.8, 4) is 11.1 Å². The Balaban J connectivity index is 1.78. The predicted molar refractivity (Wildman–Crippen MR) is 102 cm³/mol. The van der Waals surface area contributed by atoms with Gasteiger partial charge in [-0.2, -0.15) is 0 Å². The molecular formula is C21H20FN3O. The molecule has 0 aliphatic carbocycles. The first-order valence-electron chi connectivity index (χ1n) is 8.75. The number of halogens is 1. The first-order chi connectivity index (χ1) is 12.7. The molecule has 4 nitrogen and oxygen atoms in total. The summed E-state index contributed by atoms with van der Waals surface area (Å²) >= 11 is 0. The van der Waals surface area contributed by atoms with Crippen LogP contribution < -0.4 is 5.32 Å². The molecule has 2 aromatic carbocycles. The van der Waals surface area contributed by atoms with Crippen molar-refractivity contribution in [1.29, 1.82) is 0 Å². The van der Waals surface area contributed by atoms with E-state index in [1.54, 1.807) is 12.1 Å². The number of anilines is 1. The van der Waals surface area contributed by atoms with E-state index in [0.717, 1.165) is 28.8 Å². The quantitative estimate of drug-likeness (QED) is 0.857. The highest BCUT2D eigenvalue weighted by Crippen LogP contribution is 2.38. The number of aliphatic imine (C=N–C) groups is 1. The molecule has 2 aliphatic rings. The molecule has 1 N–H and O–H groups in total. The molecule has 1 fully saturated rings. The topological polar surface area (TPSA) is 44.7 Å². The second-order valence-electron chi connectivity index (χ2n) is 6.63. The Morgan fingerprint density at radius 1 is 1.35 bits per heavy atom. The third-order valence-corrected chi connectivity index (χ3v) is 5.08. The van der Waals surface area contributed by atoms with Crippen molar-refractivity contribution in [1.82, 2.24) is 4.90 Å². The fourth-order valence-electron chi connectivity index (χ4n) is 3.78. The SMILES string of the molecule is C=CC(=O)N1CCC(c2cc(-c3ccccc3F)cc3c2NCN=C3)C1. The van der Waals surface area contributed by atoms with Crippen LogP contribution in [0, 0.1) is 5.82 Å². The molecule has 0 saturated carbocycles. The second-order valence-corrected chi connectivity index (χ2v) is 6.63. The Bertz CT molecular complexity index is 906. The van der Waals surface area contributed by atoms with Gasteiger partial charge in [0.2, 0.25) is 5.91 Å². The third kappa shape index (κ3) is 2.90. The van der Waals surface area contributed by atoms with Crippen LogP contribution in [0.1, 0.15) is 23.5 Å². The maximum Gasteiger partial charge on any atom is 0.245 e. The predicted octanol–water partition coefficient (Wildman–Crippen LogP) is 3.80. The number of benzene rings is 2. The number of hydrogen-bond donors (Lipinski definition) is 1. The number of nitrogens with zero attached hydrogens (tertiary/aromatic N) is 2. The molecule has 2 aliphatic heterocycles. The van der Waals surface area contributed by atoms with Gasteiger partial charge in [0.25, 0.3) is 0 Å². The van der Waals surface area contributed by atoms with Crippen molar-refractivity contribution in [2.24, 2.45) is 4.99 Å². The van der Waals surface area contributed by atoms with E-state index in [0.29, 0.717) is 25.3 Å². The van der Waals surface area contributed by atoms with Gasteiger partial charge in [0.15, 0.2) is 0 Å². The minimum absolute atomic E-state index is 0.0406. The normalized spacial score (nSPS) is 18.3. The Labute approximate surface area is 152 Å². The number of rotatable bonds is 3. The van der Waals surface area contributed by atoms with E-state index in [-0.39, 0.29) is 17.6 Å². The Morgan fingerprint density at radius 2 is 2.19 bits per heavy atom. The molecule has 0 bridgehead atoms. The molecule has 26 heavy (non-hydrogen) atoms. The number of carbonyl (C=O) groups excluding carboxylic acids is 1. The molecule has 0 radical (unpaired) electrons. The number of carbonyl (C=O) groups is 1. The molecule has 1 unspecified atom stereocenters. The van der Waals surface area contributed by atoms with E-state index < -0.39 is 0 Å². The van der Waals surface area contributed by atoms with E-state index in [9.17, 15) is 9.18 Å². The molecule has 1 amide bonds. The summed E-state index contributed by atoms with van der Waals surface area (Å²) in [5.41, 5.74) is 4.53. The average molecular weight is 349 g/mol. The molecule has 2 heterocycles. The van der Waals surface area contributed by atoms with E-state index in [4.69, 9.17) is 0 Å². The maximum absolute atomic E-state index is 14.3. The molecule has 0 spiro atoms. The Morgan fingerprint density at radius 3 is 3.00 bits per heavy atom. The molecule has 5 heteroatoms. The lowest BCUT2D eigenvalue weighted by Crippen LogP contribution is -2.26. The molecule has 2 aromatic rings. The van der Waals surface area contributed by atoms with Gasteiger partial charge < -0.3 is 10.2 Å². The minimum atomic E-state index is -0.242. The van der Waals surface area contributed by atoms with Crippen molar-refractivity contribution < 1.29 is 9.18 Å². The van der Waals surface area contributed by atoms with Gasteiger partial charge in [0.05, 0.1) is 0 Å². The van der Waals surface area contributed by atoms with Crippen LogP contribution in [0.2, 0.25) is 0 Å². The first kappa shape index (κ1) is 16.5. The zero-order valence-electron chi connectivity index (χ0n) is 14.4. The largest absolute Gasteiger partial charge is 0.366 e. The van der Waals surface area contributed by atoms with Crippen LogP contribution in [0.4, 0.5) is 10.1 Å². The van der Waals surface area contributed by atoms with E-state index in [2.05, 4.69) is 23.0 Å². The van der Waals surface area contributed by atoms with Crippen molar-refractivity contribution in [2.45, 2.75) is 12.3 Å². The van der Waals surface area contributed by atoms with Crippen molar-refractivity contribution in [2.75, 3.05) is 25.1 Å². The number of amides is 1. The Kier molecular flexibility index (Phi) is 4.29. The van der Waals surface area contributed by atoms with Crippen LogP contribution in [0.3, 0.4) is 0 Å². The van der Waals surface area contributed by atoms with Gasteiger partial charge in [-0.3, -0.25) is 9.79 Å². The second kappa shape index (κ2) is 6.75. The number of fused-ring (bicyclic) bond motifs is 1. The highest BCUT2D eigenvalue weighted by molar-refractivity contribution is 5.93. The van der Waals surface area contributed by atoms with E-state index in [1.165, 1.54) is 12.1 Å². The maximum atomic E-state index is 14.3. The van der Waals surface area contributed by atoms with Gasteiger partial charge in [-0.15, -0.1) is 0 Å². The summed E-state index contributed by atoms with van der Waals surface area (Å²) in [6, 6.07) is 10.8. The van der Waals surface area contributed by atoms with Crippen LogP contribution in [0.5, 0.6) is 0 Å². The lowest BCUT2D eigenvalue weighted by molar-refractivity contribution is -0.125. The Hall–Kier alpha value is -2.95. The molecule has 4 rings (SSSR count). The molecule has 0 aromatic heterocycles. The lowest BCUT2D eigenvalue weighted by atomic mass is 9.89. The van der Waals surface area contributed by atoms with Crippen molar-refractivity contribution >= 4 is 17.8 Å². The van der Waals surface area contributed by atoms with E-state index >= 15 is 0 Å². The molecular weight excluding hydrogens is 329 g/mol. The van der Waals surface area contributed by atoms with Gasteiger partial charge in [0, 0.05) is 42.0 Å².